The highest BCUT2D eigenvalue weighted by Gasteiger charge is 2.20. The summed E-state index contributed by atoms with van der Waals surface area (Å²) < 4.78 is 0. The Morgan fingerprint density at radius 1 is 1.24 bits per heavy atom. The highest BCUT2D eigenvalue weighted by atomic mass is 16.2. The minimum Gasteiger partial charge on any atom is -0.368 e. The lowest BCUT2D eigenvalue weighted by molar-refractivity contribution is -0.129. The highest BCUT2D eigenvalue weighted by Crippen LogP contribution is 2.22. The van der Waals surface area contributed by atoms with Gasteiger partial charge in [0.2, 0.25) is 5.91 Å². The fraction of sp³-hybridized carbons (Fsp3) is 0.625. The van der Waals surface area contributed by atoms with Gasteiger partial charge < -0.3 is 14.7 Å². The van der Waals surface area contributed by atoms with Gasteiger partial charge in [0.15, 0.2) is 0 Å². The molecule has 1 aliphatic rings. The molecule has 1 amide bonds. The quantitative estimate of drug-likeness (QED) is 0.840. The van der Waals surface area contributed by atoms with E-state index in [1.807, 2.05) is 11.9 Å². The van der Waals surface area contributed by atoms with Crippen LogP contribution >= 0.6 is 0 Å². The maximum absolute atomic E-state index is 11.8. The monoisotopic (exact) mass is 290 g/mol. The van der Waals surface area contributed by atoms with Gasteiger partial charge in [-0.15, -0.1) is 0 Å². The third kappa shape index (κ3) is 3.94. The van der Waals surface area contributed by atoms with Crippen LogP contribution < -0.4 is 4.90 Å². The summed E-state index contributed by atoms with van der Waals surface area (Å²) in [6.07, 6.45) is 1.52. The van der Waals surface area contributed by atoms with Crippen LogP contribution in [0, 0.1) is 0 Å². The number of anilines is 1. The SMILES string of the molecule is CCc1ccc(N2CCC(=O)N(C)CC2)c(CN(C)C)n1. The molecular weight excluding hydrogens is 264 g/mol. The number of amides is 1. The lowest BCUT2D eigenvalue weighted by Gasteiger charge is -2.26. The van der Waals surface area contributed by atoms with E-state index in [0.717, 1.165) is 44.0 Å². The van der Waals surface area contributed by atoms with E-state index < -0.39 is 0 Å². The molecular formula is C16H26N4O. The van der Waals surface area contributed by atoms with Crippen molar-refractivity contribution in [3.8, 4) is 0 Å². The molecule has 0 radical (unpaired) electrons. The Bertz CT molecular complexity index is 501. The largest absolute Gasteiger partial charge is 0.368 e. The minimum absolute atomic E-state index is 0.227. The minimum atomic E-state index is 0.227. The van der Waals surface area contributed by atoms with Crippen LogP contribution in [-0.2, 0) is 17.8 Å². The van der Waals surface area contributed by atoms with Crippen LogP contribution in [0.4, 0.5) is 5.69 Å². The first-order chi connectivity index (χ1) is 10.0. The number of hydrogen-bond donors (Lipinski definition) is 0. The van der Waals surface area contributed by atoms with Gasteiger partial charge in [-0.3, -0.25) is 9.78 Å². The van der Waals surface area contributed by atoms with Gasteiger partial charge in [-0.05, 0) is 32.6 Å². The molecule has 0 N–H and O–H groups in total. The zero-order valence-corrected chi connectivity index (χ0v) is 13.6. The maximum Gasteiger partial charge on any atom is 0.224 e. The fourth-order valence-electron chi connectivity index (χ4n) is 2.61. The number of nitrogens with zero attached hydrogens (tertiary/aromatic N) is 4. The van der Waals surface area contributed by atoms with Crippen molar-refractivity contribution in [3.05, 3.63) is 23.5 Å². The number of hydrogen-bond acceptors (Lipinski definition) is 4. The predicted molar refractivity (Wildman–Crippen MR) is 85.5 cm³/mol. The summed E-state index contributed by atoms with van der Waals surface area (Å²) in [5.74, 6) is 0.227. The molecule has 0 atom stereocenters. The van der Waals surface area contributed by atoms with Crippen molar-refractivity contribution >= 4 is 11.6 Å². The van der Waals surface area contributed by atoms with Crippen molar-refractivity contribution in [2.45, 2.75) is 26.3 Å². The maximum atomic E-state index is 11.8. The van der Waals surface area contributed by atoms with Crippen molar-refractivity contribution in [2.24, 2.45) is 0 Å². The van der Waals surface area contributed by atoms with Crippen molar-refractivity contribution < 1.29 is 4.79 Å². The van der Waals surface area contributed by atoms with E-state index >= 15 is 0 Å². The van der Waals surface area contributed by atoms with E-state index in [0.29, 0.717) is 6.42 Å². The van der Waals surface area contributed by atoms with E-state index in [4.69, 9.17) is 4.98 Å². The second kappa shape index (κ2) is 6.89. The summed E-state index contributed by atoms with van der Waals surface area (Å²) in [6, 6.07) is 4.27. The summed E-state index contributed by atoms with van der Waals surface area (Å²) in [5.41, 5.74) is 3.40. The van der Waals surface area contributed by atoms with Gasteiger partial charge in [-0.1, -0.05) is 6.92 Å². The number of rotatable bonds is 4. The molecule has 1 saturated heterocycles. The number of likely N-dealkylation sites (N-methyl/N-ethyl adjacent to an activating group) is 1. The standard InChI is InChI=1S/C16H26N4O/c1-5-13-6-7-15(14(17-13)12-18(2)3)20-9-8-16(21)19(4)10-11-20/h6-7H,5,8-12H2,1-4H3. The lowest BCUT2D eigenvalue weighted by Crippen LogP contribution is -2.31. The van der Waals surface area contributed by atoms with Gasteiger partial charge in [0, 0.05) is 45.3 Å². The molecule has 1 aromatic rings. The van der Waals surface area contributed by atoms with Gasteiger partial charge >= 0.3 is 0 Å². The van der Waals surface area contributed by atoms with Crippen molar-refractivity contribution in [1.82, 2.24) is 14.8 Å². The van der Waals surface area contributed by atoms with Gasteiger partial charge in [0.25, 0.3) is 0 Å². The normalized spacial score (nSPS) is 16.5. The molecule has 0 unspecified atom stereocenters. The molecule has 1 aliphatic heterocycles. The van der Waals surface area contributed by atoms with E-state index in [-0.39, 0.29) is 5.91 Å². The Morgan fingerprint density at radius 2 is 2.00 bits per heavy atom. The third-order valence-corrected chi connectivity index (χ3v) is 3.90. The lowest BCUT2D eigenvalue weighted by atomic mass is 10.2. The molecule has 0 aliphatic carbocycles. The van der Waals surface area contributed by atoms with Crippen LogP contribution in [-0.4, -0.2) is 61.5 Å². The van der Waals surface area contributed by atoms with Crippen molar-refractivity contribution in [3.63, 3.8) is 0 Å². The van der Waals surface area contributed by atoms with Gasteiger partial charge in [0.1, 0.15) is 0 Å². The van der Waals surface area contributed by atoms with Gasteiger partial charge in [-0.2, -0.15) is 0 Å². The smallest absolute Gasteiger partial charge is 0.224 e. The zero-order chi connectivity index (χ0) is 15.4. The second-order valence-corrected chi connectivity index (χ2v) is 5.91. The van der Waals surface area contributed by atoms with Gasteiger partial charge in [-0.25, -0.2) is 0 Å². The molecule has 1 aromatic heterocycles. The van der Waals surface area contributed by atoms with Crippen LogP contribution in [0.5, 0.6) is 0 Å². The van der Waals surface area contributed by atoms with Crippen LogP contribution in [0.3, 0.4) is 0 Å². The average Bonchev–Trinajstić information content (AvgIpc) is 2.61. The predicted octanol–water partition coefficient (Wildman–Crippen LogP) is 1.37. The molecule has 1 fully saturated rings. The summed E-state index contributed by atoms with van der Waals surface area (Å²) in [4.78, 5) is 22.9. The summed E-state index contributed by atoms with van der Waals surface area (Å²) in [6.45, 7) is 5.37. The average molecular weight is 290 g/mol. The molecule has 0 saturated carbocycles. The number of pyridine rings is 1. The topological polar surface area (TPSA) is 39.7 Å². The van der Waals surface area contributed by atoms with Crippen molar-refractivity contribution in [2.75, 3.05) is 45.7 Å². The first-order valence-electron chi connectivity index (χ1n) is 7.63. The van der Waals surface area contributed by atoms with Gasteiger partial charge in [0.05, 0.1) is 11.4 Å². The number of carbonyl (C=O) groups is 1. The molecule has 5 nitrogen and oxygen atoms in total. The molecule has 21 heavy (non-hydrogen) atoms. The molecule has 0 bridgehead atoms. The van der Waals surface area contributed by atoms with Crippen molar-refractivity contribution in [1.29, 1.82) is 0 Å². The Hall–Kier alpha value is -1.62. The first kappa shape index (κ1) is 15.8. The van der Waals surface area contributed by atoms with E-state index in [9.17, 15) is 4.79 Å². The summed E-state index contributed by atoms with van der Waals surface area (Å²) >= 11 is 0. The Labute approximate surface area is 127 Å². The summed E-state index contributed by atoms with van der Waals surface area (Å²) in [5, 5.41) is 0. The summed E-state index contributed by atoms with van der Waals surface area (Å²) in [7, 11) is 6.00. The van der Waals surface area contributed by atoms with Crippen LogP contribution in [0.1, 0.15) is 24.7 Å². The number of aryl methyl sites for hydroxylation is 1. The molecule has 2 heterocycles. The second-order valence-electron chi connectivity index (χ2n) is 5.91. The number of carbonyl (C=O) groups excluding carboxylic acids is 1. The molecule has 5 heteroatoms. The Morgan fingerprint density at radius 3 is 2.67 bits per heavy atom. The molecule has 0 aromatic carbocycles. The Balaban J connectivity index is 2.26. The Kier molecular flexibility index (Phi) is 5.17. The van der Waals surface area contributed by atoms with Crippen LogP contribution in [0.25, 0.3) is 0 Å². The fourth-order valence-corrected chi connectivity index (χ4v) is 2.61. The van der Waals surface area contributed by atoms with E-state index in [1.165, 1.54) is 5.69 Å². The van der Waals surface area contributed by atoms with E-state index in [1.54, 1.807) is 0 Å². The first-order valence-corrected chi connectivity index (χ1v) is 7.63. The third-order valence-electron chi connectivity index (χ3n) is 3.90. The molecule has 0 spiro atoms. The van der Waals surface area contributed by atoms with Crippen LogP contribution in [0.2, 0.25) is 0 Å². The highest BCUT2D eigenvalue weighted by molar-refractivity contribution is 5.77. The molecule has 2 rings (SSSR count). The number of aromatic nitrogens is 1. The van der Waals surface area contributed by atoms with E-state index in [2.05, 4.69) is 43.0 Å². The zero-order valence-electron chi connectivity index (χ0n) is 13.6. The van der Waals surface area contributed by atoms with Crippen LogP contribution in [0.15, 0.2) is 12.1 Å². The molecule has 116 valence electrons.